The topological polar surface area (TPSA) is 8.17 Å². The monoisotopic (exact) mass is 686 g/mol. The zero-order chi connectivity index (χ0) is 35.5. The van der Waals surface area contributed by atoms with E-state index in [1.807, 2.05) is 0 Å². The summed E-state index contributed by atoms with van der Waals surface area (Å²) in [4.78, 5) is 2.52. The Morgan fingerprint density at radius 2 is 1.34 bits per heavy atom. The van der Waals surface area contributed by atoms with E-state index in [1.54, 1.807) is 0 Å². The van der Waals surface area contributed by atoms with Crippen molar-refractivity contribution < 1.29 is 0 Å². The van der Waals surface area contributed by atoms with Crippen LogP contribution in [0.4, 0.5) is 11.4 Å². The number of nitrogens with zero attached hydrogens (tertiary/aromatic N) is 2. The quantitative estimate of drug-likeness (QED) is 0.169. The molecular formula is C51H46N2. The molecule has 0 spiro atoms. The Bertz CT molecular complexity index is 2520. The minimum atomic E-state index is -0.0518. The number of hydrogen-bond donors (Lipinski definition) is 0. The average molecular weight is 687 g/mol. The maximum absolute atomic E-state index is 2.52. The standard InChI is InChI=1S/C51H46N2/c1-51(2)47-19-11-9-17-43(47)44-31-30-42(34-48(44)51)52(40-26-21-36(22-27-40)35-13-5-3-6-14-35)41-28-23-37(24-29-41)38-25-32-50-46(33-38)45-18-10-12-20-49(45)53(50)39-15-7-4-8-16-39/h3-5,7-9,11,13,15-17,19,21,23-26,28-34H,6,10,12,14,18,20,22,27H2,1-2H3. The molecule has 4 aliphatic rings. The smallest absolute Gasteiger partial charge is 0.0534 e. The molecule has 0 radical (unpaired) electrons. The Hall–Kier alpha value is -5.60. The van der Waals surface area contributed by atoms with E-state index in [1.165, 1.54) is 102 Å². The number of rotatable bonds is 6. The van der Waals surface area contributed by atoms with Gasteiger partial charge in [-0.3, -0.25) is 0 Å². The fourth-order valence-corrected chi connectivity index (χ4v) is 9.66. The van der Waals surface area contributed by atoms with Crippen molar-refractivity contribution in [2.24, 2.45) is 0 Å². The van der Waals surface area contributed by atoms with Crippen LogP contribution < -0.4 is 4.90 Å². The maximum atomic E-state index is 2.52. The Morgan fingerprint density at radius 1 is 0.585 bits per heavy atom. The van der Waals surface area contributed by atoms with Crippen molar-refractivity contribution in [3.63, 3.8) is 0 Å². The number of benzene rings is 5. The molecule has 0 fully saturated rings. The summed E-state index contributed by atoms with van der Waals surface area (Å²) in [7, 11) is 0. The normalized spacial score (nSPS) is 17.1. The number of allylic oxidation sites excluding steroid dienone is 8. The van der Waals surface area contributed by atoms with Gasteiger partial charge < -0.3 is 9.47 Å². The average Bonchev–Trinajstić information content (AvgIpc) is 3.67. The zero-order valence-electron chi connectivity index (χ0n) is 30.9. The number of aromatic nitrogens is 1. The van der Waals surface area contributed by atoms with Gasteiger partial charge in [0.1, 0.15) is 0 Å². The molecule has 4 aliphatic carbocycles. The molecule has 0 aliphatic heterocycles. The molecule has 0 atom stereocenters. The third kappa shape index (κ3) is 5.38. The zero-order valence-corrected chi connectivity index (χ0v) is 30.9. The first kappa shape index (κ1) is 32.1. The summed E-state index contributed by atoms with van der Waals surface area (Å²) >= 11 is 0. The molecule has 260 valence electrons. The summed E-state index contributed by atoms with van der Waals surface area (Å²) < 4.78 is 2.52. The van der Waals surface area contributed by atoms with Crippen molar-refractivity contribution >= 4 is 22.3 Å². The van der Waals surface area contributed by atoms with E-state index < -0.39 is 0 Å². The van der Waals surface area contributed by atoms with Crippen LogP contribution in [0.2, 0.25) is 0 Å². The van der Waals surface area contributed by atoms with E-state index in [0.29, 0.717) is 0 Å². The molecule has 1 aromatic heterocycles. The van der Waals surface area contributed by atoms with E-state index >= 15 is 0 Å². The van der Waals surface area contributed by atoms with E-state index in [0.717, 1.165) is 38.5 Å². The summed E-state index contributed by atoms with van der Waals surface area (Å²) in [6.45, 7) is 4.76. The second-order valence-corrected chi connectivity index (χ2v) is 15.8. The van der Waals surface area contributed by atoms with Crippen molar-refractivity contribution in [1.29, 1.82) is 0 Å². The molecule has 53 heavy (non-hydrogen) atoms. The number of fused-ring (bicyclic) bond motifs is 6. The van der Waals surface area contributed by atoms with Gasteiger partial charge in [-0.15, -0.1) is 0 Å². The van der Waals surface area contributed by atoms with Gasteiger partial charge in [-0.2, -0.15) is 0 Å². The van der Waals surface area contributed by atoms with Gasteiger partial charge in [-0.1, -0.05) is 105 Å². The van der Waals surface area contributed by atoms with Crippen molar-refractivity contribution in [2.45, 2.75) is 70.6 Å². The van der Waals surface area contributed by atoms with Crippen molar-refractivity contribution in [3.8, 4) is 27.9 Å². The second kappa shape index (κ2) is 12.8. The van der Waals surface area contributed by atoms with Crippen molar-refractivity contribution in [3.05, 3.63) is 185 Å². The van der Waals surface area contributed by atoms with Crippen LogP contribution in [0.15, 0.2) is 162 Å². The van der Waals surface area contributed by atoms with Crippen LogP contribution in [-0.4, -0.2) is 4.57 Å². The predicted octanol–water partition coefficient (Wildman–Crippen LogP) is 13.5. The van der Waals surface area contributed by atoms with Crippen LogP contribution in [0.5, 0.6) is 0 Å². The van der Waals surface area contributed by atoms with Gasteiger partial charge in [0.15, 0.2) is 0 Å². The molecule has 0 unspecified atom stereocenters. The fraction of sp³-hybridized carbons (Fsp3) is 0.216. The largest absolute Gasteiger partial charge is 0.314 e. The summed E-state index contributed by atoms with van der Waals surface area (Å²) in [6, 6.07) is 43.5. The van der Waals surface area contributed by atoms with Crippen molar-refractivity contribution in [1.82, 2.24) is 4.57 Å². The highest BCUT2D eigenvalue weighted by atomic mass is 15.1. The first-order valence-electron chi connectivity index (χ1n) is 19.7. The Labute approximate surface area is 314 Å². The van der Waals surface area contributed by atoms with Crippen molar-refractivity contribution in [2.75, 3.05) is 4.90 Å². The lowest BCUT2D eigenvalue weighted by molar-refractivity contribution is 0.660. The number of aryl methyl sites for hydroxylation is 1. The lowest BCUT2D eigenvalue weighted by Gasteiger charge is -2.32. The Morgan fingerprint density at radius 3 is 2.15 bits per heavy atom. The van der Waals surface area contributed by atoms with Crippen LogP contribution >= 0.6 is 0 Å². The molecule has 2 heteroatoms. The molecular weight excluding hydrogens is 641 g/mol. The van der Waals surface area contributed by atoms with E-state index in [2.05, 4.69) is 169 Å². The lowest BCUT2D eigenvalue weighted by Crippen LogP contribution is -2.20. The highest BCUT2D eigenvalue weighted by Gasteiger charge is 2.36. The minimum absolute atomic E-state index is 0.0518. The molecule has 0 bridgehead atoms. The molecule has 1 heterocycles. The molecule has 2 nitrogen and oxygen atoms in total. The molecule has 0 amide bonds. The predicted molar refractivity (Wildman–Crippen MR) is 223 cm³/mol. The molecule has 10 rings (SSSR count). The molecule has 0 saturated heterocycles. The van der Waals surface area contributed by atoms with Crippen LogP contribution in [0.25, 0.3) is 38.8 Å². The first-order valence-corrected chi connectivity index (χ1v) is 19.7. The fourth-order valence-electron chi connectivity index (χ4n) is 9.66. The third-order valence-electron chi connectivity index (χ3n) is 12.4. The second-order valence-electron chi connectivity index (χ2n) is 15.8. The molecule has 6 aromatic rings. The van der Waals surface area contributed by atoms with Crippen LogP contribution in [-0.2, 0) is 18.3 Å². The Balaban J connectivity index is 1.05. The van der Waals surface area contributed by atoms with E-state index in [4.69, 9.17) is 0 Å². The molecule has 5 aromatic carbocycles. The minimum Gasteiger partial charge on any atom is -0.314 e. The number of hydrogen-bond acceptors (Lipinski definition) is 1. The van der Waals surface area contributed by atoms with E-state index in [9.17, 15) is 0 Å². The van der Waals surface area contributed by atoms with E-state index in [-0.39, 0.29) is 5.41 Å². The number of anilines is 2. The van der Waals surface area contributed by atoms with Crippen LogP contribution in [0.1, 0.15) is 74.8 Å². The SMILES string of the molecule is CC1(C)c2ccccc2-c2ccc(N(C3=CC=C(C4=CC=CCC4)CC3)c3ccc(-c4ccc5c(c4)c4c(n5-c5ccccc5)CCCC4)cc3)cc21. The van der Waals surface area contributed by atoms with Gasteiger partial charge >= 0.3 is 0 Å². The first-order chi connectivity index (χ1) is 26.0. The van der Waals surface area contributed by atoms with Gasteiger partial charge in [0.05, 0.1) is 5.52 Å². The highest BCUT2D eigenvalue weighted by molar-refractivity contribution is 5.92. The van der Waals surface area contributed by atoms with Gasteiger partial charge in [-0.05, 0) is 156 Å². The van der Waals surface area contributed by atoms with Crippen LogP contribution in [0, 0.1) is 0 Å². The molecule has 0 N–H and O–H groups in total. The summed E-state index contributed by atoms with van der Waals surface area (Å²) in [5, 5.41) is 1.41. The summed E-state index contributed by atoms with van der Waals surface area (Å²) in [6.07, 6.45) is 20.8. The summed E-state index contributed by atoms with van der Waals surface area (Å²) in [5.74, 6) is 0. The third-order valence-corrected chi connectivity index (χ3v) is 12.4. The van der Waals surface area contributed by atoms with Gasteiger partial charge in [0.2, 0.25) is 0 Å². The maximum Gasteiger partial charge on any atom is 0.0534 e. The van der Waals surface area contributed by atoms with Gasteiger partial charge in [-0.25, -0.2) is 0 Å². The highest BCUT2D eigenvalue weighted by Crippen LogP contribution is 2.50. The number of para-hydroxylation sites is 1. The van der Waals surface area contributed by atoms with Gasteiger partial charge in [0.25, 0.3) is 0 Å². The lowest BCUT2D eigenvalue weighted by atomic mass is 9.82. The molecule has 0 saturated carbocycles. The Kier molecular flexibility index (Phi) is 7.76. The summed E-state index contributed by atoms with van der Waals surface area (Å²) in [5.41, 5.74) is 20.4. The van der Waals surface area contributed by atoms with Gasteiger partial charge in [0, 0.05) is 39.3 Å². The van der Waals surface area contributed by atoms with Crippen LogP contribution in [0.3, 0.4) is 0 Å².